The summed E-state index contributed by atoms with van der Waals surface area (Å²) >= 11 is 3.28. The molecule has 1 saturated heterocycles. The van der Waals surface area contributed by atoms with Gasteiger partial charge >= 0.3 is 6.03 Å². The van der Waals surface area contributed by atoms with E-state index in [1.165, 1.54) is 12.1 Å². The van der Waals surface area contributed by atoms with Gasteiger partial charge in [0.15, 0.2) is 0 Å². The SMILES string of the molecule is CCOc1ccc(NC(=O)CN2C(=O)N/C(=C\c3cc(Br)ccc3O)C2=O)cc1. The number of nitrogens with one attached hydrogen (secondary N) is 2. The van der Waals surface area contributed by atoms with Crippen molar-refractivity contribution in [2.45, 2.75) is 6.92 Å². The smallest absolute Gasteiger partial charge is 0.329 e. The second kappa shape index (κ2) is 8.78. The summed E-state index contributed by atoms with van der Waals surface area (Å²) in [6, 6.07) is 10.7. The molecule has 0 atom stereocenters. The molecule has 4 amide bonds. The van der Waals surface area contributed by atoms with E-state index in [9.17, 15) is 19.5 Å². The van der Waals surface area contributed by atoms with Crippen molar-refractivity contribution in [2.24, 2.45) is 0 Å². The molecule has 1 fully saturated rings. The lowest BCUT2D eigenvalue weighted by Gasteiger charge is -2.12. The quantitative estimate of drug-likeness (QED) is 0.454. The molecule has 0 saturated carbocycles. The monoisotopic (exact) mass is 459 g/mol. The number of carbonyl (C=O) groups is 3. The molecule has 3 N–H and O–H groups in total. The lowest BCUT2D eigenvalue weighted by Crippen LogP contribution is -2.38. The molecule has 9 heteroatoms. The van der Waals surface area contributed by atoms with Gasteiger partial charge in [-0.05, 0) is 55.5 Å². The van der Waals surface area contributed by atoms with Crippen molar-refractivity contribution in [3.63, 3.8) is 0 Å². The van der Waals surface area contributed by atoms with E-state index in [0.29, 0.717) is 28.1 Å². The predicted octanol–water partition coefficient (Wildman–Crippen LogP) is 3.08. The van der Waals surface area contributed by atoms with E-state index in [1.807, 2.05) is 6.92 Å². The number of halogens is 1. The maximum absolute atomic E-state index is 12.5. The van der Waals surface area contributed by atoms with Gasteiger partial charge in [-0.1, -0.05) is 15.9 Å². The van der Waals surface area contributed by atoms with Gasteiger partial charge in [-0.15, -0.1) is 0 Å². The Kier molecular flexibility index (Phi) is 6.18. The second-order valence-electron chi connectivity index (χ2n) is 6.09. The van der Waals surface area contributed by atoms with E-state index < -0.39 is 24.4 Å². The van der Waals surface area contributed by atoms with Gasteiger partial charge < -0.3 is 20.5 Å². The minimum atomic E-state index is -0.711. The second-order valence-corrected chi connectivity index (χ2v) is 7.00. The Bertz CT molecular complexity index is 988. The number of benzene rings is 2. The molecule has 150 valence electrons. The molecule has 1 aliphatic rings. The average molecular weight is 460 g/mol. The van der Waals surface area contributed by atoms with Crippen LogP contribution in [-0.4, -0.2) is 41.0 Å². The third-order valence-corrected chi connectivity index (χ3v) is 4.50. The van der Waals surface area contributed by atoms with Crippen LogP contribution in [-0.2, 0) is 9.59 Å². The lowest BCUT2D eigenvalue weighted by atomic mass is 10.1. The summed E-state index contributed by atoms with van der Waals surface area (Å²) in [5.41, 5.74) is 0.835. The van der Waals surface area contributed by atoms with Gasteiger partial charge in [0.2, 0.25) is 5.91 Å². The Balaban J connectivity index is 1.67. The Morgan fingerprint density at radius 2 is 1.97 bits per heavy atom. The molecule has 1 heterocycles. The van der Waals surface area contributed by atoms with Crippen LogP contribution in [0.1, 0.15) is 12.5 Å². The zero-order valence-electron chi connectivity index (χ0n) is 15.4. The standard InChI is InChI=1S/C20H18BrN3O5/c1-2-29-15-6-4-14(5-7-15)22-18(26)11-24-19(27)16(23-20(24)28)10-12-9-13(21)3-8-17(12)25/h3-10,25H,2,11H2,1H3,(H,22,26)(H,23,28)/b16-10-. The molecule has 0 aromatic heterocycles. The summed E-state index contributed by atoms with van der Waals surface area (Å²) in [7, 11) is 0. The normalized spacial score (nSPS) is 14.8. The average Bonchev–Trinajstić information content (AvgIpc) is 2.94. The molecule has 0 radical (unpaired) electrons. The number of aromatic hydroxyl groups is 1. The van der Waals surface area contributed by atoms with Crippen molar-refractivity contribution in [3.8, 4) is 11.5 Å². The number of ether oxygens (including phenoxy) is 1. The van der Waals surface area contributed by atoms with Gasteiger partial charge in [-0.2, -0.15) is 0 Å². The van der Waals surface area contributed by atoms with Crippen LogP contribution in [0.5, 0.6) is 11.5 Å². The van der Waals surface area contributed by atoms with Crippen LogP contribution in [0.25, 0.3) is 6.08 Å². The zero-order valence-corrected chi connectivity index (χ0v) is 17.0. The van der Waals surface area contributed by atoms with E-state index in [1.54, 1.807) is 36.4 Å². The van der Waals surface area contributed by atoms with Crippen molar-refractivity contribution in [1.82, 2.24) is 10.2 Å². The maximum atomic E-state index is 12.5. The fourth-order valence-corrected chi connectivity index (χ4v) is 3.04. The van der Waals surface area contributed by atoms with Crippen molar-refractivity contribution >= 4 is 45.5 Å². The van der Waals surface area contributed by atoms with Crippen molar-refractivity contribution < 1.29 is 24.2 Å². The third-order valence-electron chi connectivity index (χ3n) is 4.00. The molecule has 29 heavy (non-hydrogen) atoms. The van der Waals surface area contributed by atoms with E-state index in [4.69, 9.17) is 4.74 Å². The number of anilines is 1. The summed E-state index contributed by atoms with van der Waals surface area (Å²) in [4.78, 5) is 37.7. The molecule has 0 bridgehead atoms. The highest BCUT2D eigenvalue weighted by atomic mass is 79.9. The van der Waals surface area contributed by atoms with Gasteiger partial charge in [0.05, 0.1) is 6.61 Å². The minimum Gasteiger partial charge on any atom is -0.507 e. The highest BCUT2D eigenvalue weighted by molar-refractivity contribution is 9.10. The highest BCUT2D eigenvalue weighted by Gasteiger charge is 2.35. The van der Waals surface area contributed by atoms with Crippen LogP contribution < -0.4 is 15.4 Å². The topological polar surface area (TPSA) is 108 Å². The van der Waals surface area contributed by atoms with Crippen LogP contribution in [0.4, 0.5) is 10.5 Å². The Hall–Kier alpha value is -3.33. The zero-order chi connectivity index (χ0) is 21.0. The number of amides is 4. The summed E-state index contributed by atoms with van der Waals surface area (Å²) < 4.78 is 6.03. The van der Waals surface area contributed by atoms with Gasteiger partial charge in [-0.3, -0.25) is 9.59 Å². The van der Waals surface area contributed by atoms with Gasteiger partial charge in [0, 0.05) is 15.7 Å². The molecule has 2 aromatic rings. The number of phenols is 1. The van der Waals surface area contributed by atoms with E-state index in [2.05, 4.69) is 26.6 Å². The lowest BCUT2D eigenvalue weighted by molar-refractivity contribution is -0.127. The number of imide groups is 1. The first kappa shape index (κ1) is 20.4. The van der Waals surface area contributed by atoms with Crippen molar-refractivity contribution in [3.05, 3.63) is 58.2 Å². The Labute approximate surface area is 175 Å². The van der Waals surface area contributed by atoms with E-state index in [0.717, 1.165) is 4.90 Å². The van der Waals surface area contributed by atoms with Crippen LogP contribution in [0, 0.1) is 0 Å². The third kappa shape index (κ3) is 4.94. The first-order valence-electron chi connectivity index (χ1n) is 8.73. The molecular weight excluding hydrogens is 442 g/mol. The predicted molar refractivity (Wildman–Crippen MR) is 110 cm³/mol. The van der Waals surface area contributed by atoms with Crippen LogP contribution >= 0.6 is 15.9 Å². The number of carbonyl (C=O) groups excluding carboxylic acids is 3. The summed E-state index contributed by atoms with van der Waals surface area (Å²) in [6.07, 6.45) is 1.35. The molecule has 0 spiro atoms. The molecule has 0 aliphatic carbocycles. The number of nitrogens with zero attached hydrogens (tertiary/aromatic N) is 1. The molecule has 8 nitrogen and oxygen atoms in total. The van der Waals surface area contributed by atoms with Crippen LogP contribution in [0.2, 0.25) is 0 Å². The Morgan fingerprint density at radius 1 is 1.24 bits per heavy atom. The maximum Gasteiger partial charge on any atom is 0.329 e. The summed E-state index contributed by atoms with van der Waals surface area (Å²) in [6.45, 7) is 1.96. The number of urea groups is 1. The van der Waals surface area contributed by atoms with Gasteiger partial charge in [0.1, 0.15) is 23.7 Å². The molecule has 2 aromatic carbocycles. The minimum absolute atomic E-state index is 0.0303. The van der Waals surface area contributed by atoms with E-state index in [-0.39, 0.29) is 11.4 Å². The van der Waals surface area contributed by atoms with Gasteiger partial charge in [-0.25, -0.2) is 9.69 Å². The number of hydrogen-bond acceptors (Lipinski definition) is 5. The van der Waals surface area contributed by atoms with Gasteiger partial charge in [0.25, 0.3) is 5.91 Å². The number of hydrogen-bond donors (Lipinski definition) is 3. The number of rotatable bonds is 6. The van der Waals surface area contributed by atoms with Crippen molar-refractivity contribution in [2.75, 3.05) is 18.5 Å². The number of phenolic OH excluding ortho intramolecular Hbond substituents is 1. The van der Waals surface area contributed by atoms with Crippen molar-refractivity contribution in [1.29, 1.82) is 0 Å². The van der Waals surface area contributed by atoms with Crippen LogP contribution in [0.15, 0.2) is 52.6 Å². The van der Waals surface area contributed by atoms with E-state index >= 15 is 0 Å². The molecule has 0 unspecified atom stereocenters. The fraction of sp³-hybridized carbons (Fsp3) is 0.150. The largest absolute Gasteiger partial charge is 0.507 e. The van der Waals surface area contributed by atoms with Crippen LogP contribution in [0.3, 0.4) is 0 Å². The molecule has 1 aliphatic heterocycles. The first-order valence-corrected chi connectivity index (χ1v) is 9.52. The fourth-order valence-electron chi connectivity index (χ4n) is 2.66. The first-order chi connectivity index (χ1) is 13.9. The summed E-state index contributed by atoms with van der Waals surface area (Å²) in [5.74, 6) is -0.556. The summed E-state index contributed by atoms with van der Waals surface area (Å²) in [5, 5.41) is 14.9. The molecular formula is C20H18BrN3O5. The molecule has 3 rings (SSSR count). The highest BCUT2D eigenvalue weighted by Crippen LogP contribution is 2.25. The Morgan fingerprint density at radius 3 is 2.66 bits per heavy atom.